The Hall–Kier alpha value is -1.16. The largest absolute Gasteiger partial charge is 0.448 e. The average molecular weight is 188 g/mol. The molecule has 1 aromatic heterocycles. The van der Waals surface area contributed by atoms with Crippen molar-refractivity contribution in [3.05, 3.63) is 23.1 Å². The number of hydrogen-bond acceptors (Lipinski definition) is 2. The first kappa shape index (κ1) is 8.93. The molecule has 0 aliphatic rings. The lowest BCUT2D eigenvalue weighted by atomic mass is 10.4. The summed E-state index contributed by atoms with van der Waals surface area (Å²) in [6.45, 7) is 0.496. The standard InChI is InChI=1S/C7H10ClN3O/c1-10-7(9)11-4-5-2-3-6(8)12-5/h2-3H,4H2,1H3,(H3,9,10,11). The zero-order valence-electron chi connectivity index (χ0n) is 6.67. The van der Waals surface area contributed by atoms with Crippen LogP contribution in [0.15, 0.2) is 21.5 Å². The van der Waals surface area contributed by atoms with E-state index >= 15 is 0 Å². The van der Waals surface area contributed by atoms with Crippen molar-refractivity contribution < 1.29 is 4.42 Å². The van der Waals surface area contributed by atoms with Gasteiger partial charge in [0, 0.05) is 7.05 Å². The van der Waals surface area contributed by atoms with E-state index in [-0.39, 0.29) is 0 Å². The lowest BCUT2D eigenvalue weighted by Crippen LogP contribution is -2.30. The van der Waals surface area contributed by atoms with Gasteiger partial charge in [0.05, 0.1) is 6.54 Å². The van der Waals surface area contributed by atoms with E-state index in [0.29, 0.717) is 17.7 Å². The number of hydrogen-bond donors (Lipinski definition) is 2. The molecular formula is C7H10ClN3O. The average Bonchev–Trinajstić information content (AvgIpc) is 2.47. The molecule has 1 aromatic rings. The fourth-order valence-electron chi connectivity index (χ4n) is 0.703. The molecule has 0 bridgehead atoms. The van der Waals surface area contributed by atoms with Crippen LogP contribution in [0.1, 0.15) is 5.76 Å². The van der Waals surface area contributed by atoms with E-state index < -0.39 is 0 Å². The topological polar surface area (TPSA) is 63.5 Å². The van der Waals surface area contributed by atoms with Crippen LogP contribution in [0.4, 0.5) is 0 Å². The van der Waals surface area contributed by atoms with Crippen molar-refractivity contribution in [3.63, 3.8) is 0 Å². The highest BCUT2D eigenvalue weighted by Gasteiger charge is 1.98. The van der Waals surface area contributed by atoms with Crippen LogP contribution < -0.4 is 11.1 Å². The van der Waals surface area contributed by atoms with Crippen LogP contribution in [0.3, 0.4) is 0 Å². The number of rotatable bonds is 2. The van der Waals surface area contributed by atoms with Crippen molar-refractivity contribution in [3.8, 4) is 0 Å². The van der Waals surface area contributed by atoms with Crippen LogP contribution in [-0.2, 0) is 6.54 Å². The van der Waals surface area contributed by atoms with Gasteiger partial charge < -0.3 is 15.5 Å². The minimum absolute atomic E-state index is 0.374. The Morgan fingerprint density at radius 1 is 1.75 bits per heavy atom. The summed E-state index contributed by atoms with van der Waals surface area (Å²) in [5.74, 6) is 1.11. The smallest absolute Gasteiger partial charge is 0.193 e. The molecule has 3 N–H and O–H groups in total. The summed E-state index contributed by atoms with van der Waals surface area (Å²) >= 11 is 5.55. The van der Waals surface area contributed by atoms with Crippen molar-refractivity contribution in [1.82, 2.24) is 5.32 Å². The van der Waals surface area contributed by atoms with E-state index in [0.717, 1.165) is 5.76 Å². The van der Waals surface area contributed by atoms with E-state index in [4.69, 9.17) is 21.8 Å². The number of halogens is 1. The third kappa shape index (κ3) is 2.47. The van der Waals surface area contributed by atoms with Gasteiger partial charge in [0.1, 0.15) is 5.76 Å². The van der Waals surface area contributed by atoms with Crippen molar-refractivity contribution in [2.24, 2.45) is 10.7 Å². The Labute approximate surface area is 75.4 Å². The fourth-order valence-corrected chi connectivity index (χ4v) is 0.866. The number of furan rings is 1. The number of nitrogens with one attached hydrogen (secondary N) is 1. The Kier molecular flexibility index (Phi) is 2.99. The highest BCUT2D eigenvalue weighted by Crippen LogP contribution is 2.12. The second-order valence-corrected chi connectivity index (χ2v) is 2.54. The summed E-state index contributed by atoms with van der Waals surface area (Å²) < 4.78 is 5.07. The van der Waals surface area contributed by atoms with Gasteiger partial charge in [-0.1, -0.05) is 0 Å². The quantitative estimate of drug-likeness (QED) is 0.536. The van der Waals surface area contributed by atoms with Crippen molar-refractivity contribution in [1.29, 1.82) is 0 Å². The zero-order chi connectivity index (χ0) is 8.97. The Bertz CT molecular complexity index is 282. The van der Waals surface area contributed by atoms with Gasteiger partial charge >= 0.3 is 0 Å². The second kappa shape index (κ2) is 4.01. The summed E-state index contributed by atoms with van der Waals surface area (Å²) in [5.41, 5.74) is 5.39. The molecule has 0 saturated carbocycles. The number of aliphatic imine (C=N–C) groups is 1. The fraction of sp³-hybridized carbons (Fsp3) is 0.286. The molecule has 0 aromatic carbocycles. The summed E-state index contributed by atoms with van der Waals surface area (Å²) in [7, 11) is 1.61. The minimum atomic E-state index is 0.374. The second-order valence-electron chi connectivity index (χ2n) is 2.17. The van der Waals surface area contributed by atoms with E-state index in [9.17, 15) is 0 Å². The third-order valence-electron chi connectivity index (χ3n) is 1.31. The van der Waals surface area contributed by atoms with Gasteiger partial charge in [0.25, 0.3) is 0 Å². The first-order chi connectivity index (χ1) is 5.72. The van der Waals surface area contributed by atoms with Gasteiger partial charge in [-0.05, 0) is 23.7 Å². The maximum absolute atomic E-state index is 5.55. The summed E-state index contributed by atoms with van der Waals surface area (Å²) in [6.07, 6.45) is 0. The van der Waals surface area contributed by atoms with Crippen molar-refractivity contribution in [2.45, 2.75) is 6.54 Å². The van der Waals surface area contributed by atoms with Crippen LogP contribution in [0.25, 0.3) is 0 Å². The van der Waals surface area contributed by atoms with Crippen LogP contribution in [0.2, 0.25) is 5.22 Å². The predicted molar refractivity (Wildman–Crippen MR) is 48.1 cm³/mol. The SMILES string of the molecule is CN=C(N)NCc1ccc(Cl)o1. The molecule has 0 amide bonds. The zero-order valence-corrected chi connectivity index (χ0v) is 7.43. The number of nitrogens with two attached hydrogens (primary N) is 1. The highest BCUT2D eigenvalue weighted by atomic mass is 35.5. The molecule has 12 heavy (non-hydrogen) atoms. The summed E-state index contributed by atoms with van der Waals surface area (Å²) in [4.78, 5) is 3.72. The lowest BCUT2D eigenvalue weighted by molar-refractivity contribution is 0.504. The molecule has 0 atom stereocenters. The molecule has 66 valence electrons. The monoisotopic (exact) mass is 187 g/mol. The maximum Gasteiger partial charge on any atom is 0.193 e. The minimum Gasteiger partial charge on any atom is -0.448 e. The van der Waals surface area contributed by atoms with Crippen LogP contribution >= 0.6 is 11.6 Å². The highest BCUT2D eigenvalue weighted by molar-refractivity contribution is 6.28. The molecule has 0 saturated heterocycles. The molecule has 0 aliphatic heterocycles. The van der Waals surface area contributed by atoms with Gasteiger partial charge in [0.15, 0.2) is 11.2 Å². The van der Waals surface area contributed by atoms with Gasteiger partial charge in [-0.3, -0.25) is 4.99 Å². The normalized spacial score (nSPS) is 11.7. The lowest BCUT2D eigenvalue weighted by Gasteiger charge is -2.00. The first-order valence-electron chi connectivity index (χ1n) is 3.42. The molecule has 0 aliphatic carbocycles. The van der Waals surface area contributed by atoms with E-state index in [1.165, 1.54) is 0 Å². The van der Waals surface area contributed by atoms with Gasteiger partial charge in [-0.15, -0.1) is 0 Å². The van der Waals surface area contributed by atoms with E-state index in [1.807, 2.05) is 0 Å². The van der Waals surface area contributed by atoms with Gasteiger partial charge in [-0.2, -0.15) is 0 Å². The van der Waals surface area contributed by atoms with Crippen LogP contribution in [0, 0.1) is 0 Å². The molecule has 4 nitrogen and oxygen atoms in total. The molecule has 5 heteroatoms. The number of nitrogens with zero attached hydrogens (tertiary/aromatic N) is 1. The molecule has 0 spiro atoms. The van der Waals surface area contributed by atoms with Crippen molar-refractivity contribution in [2.75, 3.05) is 7.05 Å². The maximum atomic E-state index is 5.55. The van der Waals surface area contributed by atoms with Crippen LogP contribution in [0.5, 0.6) is 0 Å². The first-order valence-corrected chi connectivity index (χ1v) is 3.80. The summed E-state index contributed by atoms with van der Waals surface area (Å²) in [5, 5.41) is 3.21. The molecule has 0 radical (unpaired) electrons. The molecule has 1 heterocycles. The van der Waals surface area contributed by atoms with Gasteiger partial charge in [0.2, 0.25) is 0 Å². The van der Waals surface area contributed by atoms with Crippen molar-refractivity contribution >= 4 is 17.6 Å². The molecule has 0 unspecified atom stereocenters. The third-order valence-corrected chi connectivity index (χ3v) is 1.52. The van der Waals surface area contributed by atoms with E-state index in [2.05, 4.69) is 10.3 Å². The van der Waals surface area contributed by atoms with E-state index in [1.54, 1.807) is 19.2 Å². The predicted octanol–water partition coefficient (Wildman–Crippen LogP) is 0.967. The molecular weight excluding hydrogens is 178 g/mol. The molecule has 1 rings (SSSR count). The summed E-state index contributed by atoms with van der Waals surface area (Å²) in [6, 6.07) is 3.45. The Morgan fingerprint density at radius 2 is 2.50 bits per heavy atom. The Morgan fingerprint density at radius 3 is 3.00 bits per heavy atom. The van der Waals surface area contributed by atoms with Crippen LogP contribution in [-0.4, -0.2) is 13.0 Å². The number of guanidine groups is 1. The Balaban J connectivity index is 2.43. The van der Waals surface area contributed by atoms with Gasteiger partial charge in [-0.25, -0.2) is 0 Å². The molecule has 0 fully saturated rings.